The Morgan fingerprint density at radius 3 is 2.50 bits per heavy atom. The van der Waals surface area contributed by atoms with E-state index in [9.17, 15) is 9.59 Å². The second-order valence-corrected chi connectivity index (χ2v) is 4.90. The van der Waals surface area contributed by atoms with Crippen molar-refractivity contribution in [1.82, 2.24) is 25.5 Å². The lowest BCUT2D eigenvalue weighted by Crippen LogP contribution is -2.53. The van der Waals surface area contributed by atoms with Gasteiger partial charge in [0.1, 0.15) is 11.9 Å². The second kappa shape index (κ2) is 5.72. The zero-order valence-corrected chi connectivity index (χ0v) is 11.7. The van der Waals surface area contributed by atoms with Gasteiger partial charge in [-0.2, -0.15) is 0 Å². The molecule has 3 rings (SSSR count). The first-order valence-corrected chi connectivity index (χ1v) is 6.30. The molecule has 3 amide bonds. The summed E-state index contributed by atoms with van der Waals surface area (Å²) in [7, 11) is 0. The molecular formula is C12H16ClN5O2. The molecule has 2 aliphatic rings. The van der Waals surface area contributed by atoms with Gasteiger partial charge in [-0.3, -0.25) is 9.69 Å². The van der Waals surface area contributed by atoms with E-state index >= 15 is 0 Å². The zero-order chi connectivity index (χ0) is 13.3. The van der Waals surface area contributed by atoms with Crippen molar-refractivity contribution in [3.8, 4) is 0 Å². The highest BCUT2D eigenvalue weighted by molar-refractivity contribution is 6.07. The first-order chi connectivity index (χ1) is 9.21. The number of nitrogens with zero attached hydrogens (tertiary/aromatic N) is 3. The Morgan fingerprint density at radius 2 is 1.85 bits per heavy atom. The smallest absolute Gasteiger partial charge is 0.323 e. The molecule has 0 unspecified atom stereocenters. The normalized spacial score (nSPS) is 20.7. The molecule has 0 bridgehead atoms. The molecule has 2 aliphatic heterocycles. The topological polar surface area (TPSA) is 87.2 Å². The van der Waals surface area contributed by atoms with Gasteiger partial charge in [-0.15, -0.1) is 12.4 Å². The summed E-state index contributed by atoms with van der Waals surface area (Å²) in [6.07, 6.45) is 5.92. The molecule has 2 fully saturated rings. The van der Waals surface area contributed by atoms with Gasteiger partial charge in [-0.1, -0.05) is 0 Å². The van der Waals surface area contributed by atoms with Crippen molar-refractivity contribution in [3.05, 3.63) is 24.3 Å². The van der Waals surface area contributed by atoms with Gasteiger partial charge in [0.25, 0.3) is 5.91 Å². The van der Waals surface area contributed by atoms with Gasteiger partial charge in [0.15, 0.2) is 0 Å². The van der Waals surface area contributed by atoms with Crippen LogP contribution in [0.1, 0.15) is 18.4 Å². The number of urea groups is 1. The van der Waals surface area contributed by atoms with Gasteiger partial charge in [0.2, 0.25) is 0 Å². The van der Waals surface area contributed by atoms with Crippen molar-refractivity contribution in [2.45, 2.75) is 24.9 Å². The lowest BCUT2D eigenvalue weighted by molar-refractivity contribution is -0.132. The summed E-state index contributed by atoms with van der Waals surface area (Å²) in [6, 6.07) is -0.323. The van der Waals surface area contributed by atoms with Crippen LogP contribution in [0.3, 0.4) is 0 Å². The van der Waals surface area contributed by atoms with Crippen LogP contribution < -0.4 is 10.6 Å². The molecule has 108 valence electrons. The van der Waals surface area contributed by atoms with Crippen LogP contribution in [-0.2, 0) is 11.3 Å². The van der Waals surface area contributed by atoms with E-state index in [1.807, 2.05) is 0 Å². The third-order valence-corrected chi connectivity index (χ3v) is 3.66. The highest BCUT2D eigenvalue weighted by Gasteiger charge is 2.51. The summed E-state index contributed by atoms with van der Waals surface area (Å²) in [5.74, 6) is -0.136. The average molecular weight is 298 g/mol. The zero-order valence-electron chi connectivity index (χ0n) is 10.8. The number of piperidine rings is 1. The first kappa shape index (κ1) is 14.7. The third kappa shape index (κ3) is 2.46. The predicted molar refractivity (Wildman–Crippen MR) is 73.2 cm³/mol. The Bertz CT molecular complexity index is 504. The van der Waals surface area contributed by atoms with Crippen LogP contribution in [0.15, 0.2) is 18.7 Å². The summed E-state index contributed by atoms with van der Waals surface area (Å²) >= 11 is 0. The lowest BCUT2D eigenvalue weighted by atomic mass is 9.88. The van der Waals surface area contributed by atoms with Crippen molar-refractivity contribution < 1.29 is 9.59 Å². The molecule has 0 aromatic carbocycles. The molecule has 7 nitrogen and oxygen atoms in total. The standard InChI is InChI=1S/C12H15N5O2.ClH/c18-10-12(1-3-13-4-2-12)16-11(19)17(10)7-9-5-14-8-15-6-9;/h5-6,8,13H,1-4,7H2,(H,16,19);1H. The quantitative estimate of drug-likeness (QED) is 0.755. The van der Waals surface area contributed by atoms with E-state index < -0.39 is 5.54 Å². The maximum Gasteiger partial charge on any atom is 0.325 e. The Kier molecular flexibility index (Phi) is 4.20. The van der Waals surface area contributed by atoms with Crippen molar-refractivity contribution in [2.75, 3.05) is 13.1 Å². The average Bonchev–Trinajstić information content (AvgIpc) is 2.66. The van der Waals surface area contributed by atoms with Crippen LogP contribution >= 0.6 is 12.4 Å². The number of rotatable bonds is 2. The Labute approximate surface area is 122 Å². The highest BCUT2D eigenvalue weighted by Crippen LogP contribution is 2.27. The number of aromatic nitrogens is 2. The SMILES string of the molecule is Cl.O=C1NC2(CCNCC2)C(=O)N1Cc1cncnc1. The fourth-order valence-electron chi connectivity index (χ4n) is 2.61. The van der Waals surface area contributed by atoms with Crippen LogP contribution in [0, 0.1) is 0 Å². The van der Waals surface area contributed by atoms with E-state index in [2.05, 4.69) is 20.6 Å². The summed E-state index contributed by atoms with van der Waals surface area (Å²) < 4.78 is 0. The summed E-state index contributed by atoms with van der Waals surface area (Å²) in [4.78, 5) is 33.5. The number of carbonyl (C=O) groups is 2. The van der Waals surface area contributed by atoms with Gasteiger partial charge in [0, 0.05) is 18.0 Å². The first-order valence-electron chi connectivity index (χ1n) is 6.30. The third-order valence-electron chi connectivity index (χ3n) is 3.66. The number of hydrogen-bond acceptors (Lipinski definition) is 5. The number of carbonyl (C=O) groups excluding carboxylic acids is 2. The van der Waals surface area contributed by atoms with Gasteiger partial charge in [-0.25, -0.2) is 14.8 Å². The van der Waals surface area contributed by atoms with Crippen LogP contribution in [-0.4, -0.2) is 45.4 Å². The summed E-state index contributed by atoms with van der Waals surface area (Å²) in [5, 5.41) is 6.04. The van der Waals surface area contributed by atoms with Crippen LogP contribution in [0.5, 0.6) is 0 Å². The van der Waals surface area contributed by atoms with Gasteiger partial charge < -0.3 is 10.6 Å². The van der Waals surface area contributed by atoms with E-state index in [1.165, 1.54) is 11.2 Å². The maximum absolute atomic E-state index is 12.5. The van der Waals surface area contributed by atoms with E-state index in [4.69, 9.17) is 0 Å². The van der Waals surface area contributed by atoms with Crippen molar-refractivity contribution in [2.24, 2.45) is 0 Å². The molecule has 1 spiro atoms. The van der Waals surface area contributed by atoms with Crippen molar-refractivity contribution >= 4 is 24.3 Å². The number of hydrogen-bond donors (Lipinski definition) is 2. The fourth-order valence-corrected chi connectivity index (χ4v) is 2.61. The van der Waals surface area contributed by atoms with Crippen molar-refractivity contribution in [1.29, 1.82) is 0 Å². The second-order valence-electron chi connectivity index (χ2n) is 4.90. The maximum atomic E-state index is 12.5. The molecule has 2 saturated heterocycles. The van der Waals surface area contributed by atoms with E-state index in [0.717, 1.165) is 18.7 Å². The largest absolute Gasteiger partial charge is 0.325 e. The molecule has 0 saturated carbocycles. The molecule has 8 heteroatoms. The molecule has 3 heterocycles. The number of nitrogens with one attached hydrogen (secondary N) is 2. The van der Waals surface area contributed by atoms with Gasteiger partial charge in [0.05, 0.1) is 6.54 Å². The minimum Gasteiger partial charge on any atom is -0.323 e. The van der Waals surface area contributed by atoms with Gasteiger partial charge >= 0.3 is 6.03 Å². The number of halogens is 1. The Hall–Kier alpha value is -1.73. The molecule has 20 heavy (non-hydrogen) atoms. The minimum atomic E-state index is -0.710. The predicted octanol–water partition coefficient (Wildman–Crippen LogP) is 0.0724. The number of amides is 3. The molecular weight excluding hydrogens is 282 g/mol. The monoisotopic (exact) mass is 297 g/mol. The highest BCUT2D eigenvalue weighted by atomic mass is 35.5. The van der Waals surface area contributed by atoms with Gasteiger partial charge in [-0.05, 0) is 25.9 Å². The van der Waals surface area contributed by atoms with Crippen molar-refractivity contribution in [3.63, 3.8) is 0 Å². The molecule has 0 radical (unpaired) electrons. The van der Waals surface area contributed by atoms with E-state index in [0.29, 0.717) is 12.8 Å². The molecule has 1 aromatic rings. The Morgan fingerprint density at radius 1 is 1.20 bits per heavy atom. The molecule has 0 aliphatic carbocycles. The molecule has 0 atom stereocenters. The van der Waals surface area contributed by atoms with Crippen LogP contribution in [0.25, 0.3) is 0 Å². The summed E-state index contributed by atoms with van der Waals surface area (Å²) in [5.41, 5.74) is 0.0369. The minimum absolute atomic E-state index is 0. The number of imide groups is 1. The Balaban J connectivity index is 0.00000147. The summed E-state index contributed by atoms with van der Waals surface area (Å²) in [6.45, 7) is 1.71. The van der Waals surface area contributed by atoms with Crippen LogP contribution in [0.2, 0.25) is 0 Å². The van der Waals surface area contributed by atoms with E-state index in [1.54, 1.807) is 12.4 Å². The van der Waals surface area contributed by atoms with Crippen LogP contribution in [0.4, 0.5) is 4.79 Å². The lowest BCUT2D eigenvalue weighted by Gasteiger charge is -2.31. The molecule has 2 N–H and O–H groups in total. The molecule has 1 aromatic heterocycles. The van der Waals surface area contributed by atoms with E-state index in [-0.39, 0.29) is 30.9 Å². The fraction of sp³-hybridized carbons (Fsp3) is 0.500.